The van der Waals surface area contributed by atoms with Gasteiger partial charge in [-0.1, -0.05) is 12.0 Å². The number of hydrogen-bond acceptors (Lipinski definition) is 3. The summed E-state index contributed by atoms with van der Waals surface area (Å²) < 4.78 is 0. The van der Waals surface area contributed by atoms with Crippen LogP contribution in [0, 0.1) is 0 Å². The van der Waals surface area contributed by atoms with Gasteiger partial charge in [0.15, 0.2) is 0 Å². The van der Waals surface area contributed by atoms with Crippen LogP contribution in [0.25, 0.3) is 10.4 Å². The van der Waals surface area contributed by atoms with Gasteiger partial charge in [0, 0.05) is 10.5 Å². The lowest BCUT2D eigenvalue weighted by Crippen LogP contribution is -2.51. The Hall–Kier alpha value is -0.770. The minimum absolute atomic E-state index is 0.119. The summed E-state index contributed by atoms with van der Waals surface area (Å²) in [5.74, 6) is 0. The third-order valence-electron chi connectivity index (χ3n) is 2.25. The lowest BCUT2D eigenvalue weighted by Gasteiger charge is -2.40. The molecule has 5 heteroatoms. The minimum Gasteiger partial charge on any atom is -0.392 e. The van der Waals surface area contributed by atoms with Crippen molar-refractivity contribution in [2.24, 2.45) is 5.11 Å². The van der Waals surface area contributed by atoms with E-state index in [9.17, 15) is 5.11 Å². The Kier molecular flexibility index (Phi) is 5.65. The summed E-state index contributed by atoms with van der Waals surface area (Å²) >= 11 is 0. The first-order valence-corrected chi connectivity index (χ1v) is 5.33. The molecule has 15 heavy (non-hydrogen) atoms. The molecule has 0 fully saturated rings. The van der Waals surface area contributed by atoms with E-state index in [2.05, 4.69) is 16.9 Å². The third kappa shape index (κ3) is 4.51. The van der Waals surface area contributed by atoms with Gasteiger partial charge in [-0.2, -0.15) is 0 Å². The van der Waals surface area contributed by atoms with Gasteiger partial charge in [0.1, 0.15) is 6.17 Å². The van der Waals surface area contributed by atoms with Gasteiger partial charge in [-0.25, -0.2) is 0 Å². The zero-order chi connectivity index (χ0) is 12.1. The van der Waals surface area contributed by atoms with Crippen LogP contribution in [-0.4, -0.2) is 34.4 Å². The summed E-state index contributed by atoms with van der Waals surface area (Å²) in [5.41, 5.74) is 8.37. The molecule has 0 bridgehead atoms. The number of rotatable bonds is 5. The van der Waals surface area contributed by atoms with Crippen molar-refractivity contribution in [1.82, 2.24) is 4.90 Å². The first-order valence-electron chi connectivity index (χ1n) is 5.33. The average molecular weight is 214 g/mol. The predicted octanol–water partition coefficient (Wildman–Crippen LogP) is 2.51. The first-order chi connectivity index (χ1) is 6.84. The van der Waals surface area contributed by atoms with Gasteiger partial charge in [0.05, 0.1) is 6.10 Å². The monoisotopic (exact) mass is 214 g/mol. The molecule has 2 atom stereocenters. The van der Waals surface area contributed by atoms with E-state index in [0.717, 1.165) is 13.0 Å². The maximum absolute atomic E-state index is 9.60. The standard InChI is InChI=1S/C10H22N4O/c1-6-7-14(10(3,4)5)9(8(2)15)12-13-11/h8-9,15H,6-7H2,1-5H3/t8?,9-/m0/s1. The quantitative estimate of drug-likeness (QED) is 0.434. The van der Waals surface area contributed by atoms with Crippen molar-refractivity contribution >= 4 is 0 Å². The van der Waals surface area contributed by atoms with E-state index in [0.29, 0.717) is 0 Å². The van der Waals surface area contributed by atoms with Gasteiger partial charge < -0.3 is 5.11 Å². The predicted molar refractivity (Wildman–Crippen MR) is 61.4 cm³/mol. The van der Waals surface area contributed by atoms with E-state index < -0.39 is 12.3 Å². The Labute approximate surface area is 91.7 Å². The molecule has 0 aliphatic carbocycles. The fourth-order valence-corrected chi connectivity index (χ4v) is 1.58. The van der Waals surface area contributed by atoms with E-state index >= 15 is 0 Å². The molecule has 0 aromatic heterocycles. The second-order valence-corrected chi connectivity index (χ2v) is 4.72. The van der Waals surface area contributed by atoms with E-state index in [-0.39, 0.29) is 5.54 Å². The average Bonchev–Trinajstić information content (AvgIpc) is 2.09. The van der Waals surface area contributed by atoms with Gasteiger partial charge in [0.25, 0.3) is 0 Å². The van der Waals surface area contributed by atoms with Crippen molar-refractivity contribution in [3.63, 3.8) is 0 Å². The maximum Gasteiger partial charge on any atom is 0.115 e. The summed E-state index contributed by atoms with van der Waals surface area (Å²) in [4.78, 5) is 4.82. The number of aliphatic hydroxyl groups is 1. The smallest absolute Gasteiger partial charge is 0.115 e. The Morgan fingerprint density at radius 3 is 2.27 bits per heavy atom. The Morgan fingerprint density at radius 2 is 2.00 bits per heavy atom. The van der Waals surface area contributed by atoms with Crippen LogP contribution in [0.4, 0.5) is 0 Å². The van der Waals surface area contributed by atoms with Crippen molar-refractivity contribution in [1.29, 1.82) is 0 Å². The number of aliphatic hydroxyl groups excluding tert-OH is 1. The van der Waals surface area contributed by atoms with Crippen LogP contribution in [0.5, 0.6) is 0 Å². The molecule has 1 N–H and O–H groups in total. The minimum atomic E-state index is -0.660. The molecule has 0 aromatic rings. The molecule has 0 saturated carbocycles. The van der Waals surface area contributed by atoms with Gasteiger partial charge in [-0.15, -0.1) is 0 Å². The molecule has 0 radical (unpaired) electrons. The first kappa shape index (κ1) is 14.2. The molecular formula is C10H22N4O. The number of hydrogen-bond donors (Lipinski definition) is 1. The Morgan fingerprint density at radius 1 is 1.47 bits per heavy atom. The van der Waals surface area contributed by atoms with Crippen molar-refractivity contribution in [2.75, 3.05) is 6.54 Å². The third-order valence-corrected chi connectivity index (χ3v) is 2.25. The van der Waals surface area contributed by atoms with Crippen LogP contribution < -0.4 is 0 Å². The largest absolute Gasteiger partial charge is 0.392 e. The SMILES string of the molecule is CCCN([C@H](N=[N+]=[N-])C(C)O)C(C)(C)C. The molecule has 0 amide bonds. The fraction of sp³-hybridized carbons (Fsp3) is 1.00. The van der Waals surface area contributed by atoms with Crippen LogP contribution in [0.2, 0.25) is 0 Å². The summed E-state index contributed by atoms with van der Waals surface area (Å²) in [6, 6.07) is 0. The van der Waals surface area contributed by atoms with Crippen LogP contribution in [0.15, 0.2) is 5.11 Å². The summed E-state index contributed by atoms with van der Waals surface area (Å²) in [6.07, 6.45) is -0.192. The lowest BCUT2D eigenvalue weighted by atomic mass is 10.0. The summed E-state index contributed by atoms with van der Waals surface area (Å²) in [7, 11) is 0. The molecule has 0 spiro atoms. The van der Waals surface area contributed by atoms with Crippen molar-refractivity contribution < 1.29 is 5.11 Å². The van der Waals surface area contributed by atoms with E-state index in [1.165, 1.54) is 0 Å². The highest BCUT2D eigenvalue weighted by atomic mass is 16.3. The van der Waals surface area contributed by atoms with Crippen molar-refractivity contribution in [2.45, 2.75) is 58.8 Å². The van der Waals surface area contributed by atoms with Crippen molar-refractivity contribution in [3.05, 3.63) is 10.4 Å². The molecule has 0 rings (SSSR count). The van der Waals surface area contributed by atoms with Gasteiger partial charge in [-0.3, -0.25) is 4.90 Å². The second kappa shape index (κ2) is 5.95. The second-order valence-electron chi connectivity index (χ2n) is 4.72. The van der Waals surface area contributed by atoms with Crippen molar-refractivity contribution in [3.8, 4) is 0 Å². The summed E-state index contributed by atoms with van der Waals surface area (Å²) in [5, 5.41) is 13.3. The highest BCUT2D eigenvalue weighted by molar-refractivity contribution is 4.84. The highest BCUT2D eigenvalue weighted by Crippen LogP contribution is 2.20. The van der Waals surface area contributed by atoms with Crippen LogP contribution in [0.1, 0.15) is 41.0 Å². The lowest BCUT2D eigenvalue weighted by molar-refractivity contribution is 0.00965. The van der Waals surface area contributed by atoms with Gasteiger partial charge in [0.2, 0.25) is 0 Å². The maximum atomic E-state index is 9.60. The van der Waals surface area contributed by atoms with Crippen LogP contribution in [-0.2, 0) is 0 Å². The molecule has 0 aromatic carbocycles. The Bertz CT molecular complexity index is 228. The van der Waals surface area contributed by atoms with E-state index in [1.54, 1.807) is 6.92 Å². The van der Waals surface area contributed by atoms with E-state index in [4.69, 9.17) is 5.53 Å². The zero-order valence-corrected chi connectivity index (χ0v) is 10.3. The zero-order valence-electron chi connectivity index (χ0n) is 10.3. The molecule has 0 heterocycles. The summed E-state index contributed by atoms with van der Waals surface area (Å²) in [6.45, 7) is 10.7. The molecule has 0 saturated heterocycles. The highest BCUT2D eigenvalue weighted by Gasteiger charge is 2.30. The normalized spacial score (nSPS) is 15.9. The Balaban J connectivity index is 4.91. The molecule has 0 aliphatic heterocycles. The molecule has 88 valence electrons. The van der Waals surface area contributed by atoms with E-state index in [1.807, 2.05) is 25.7 Å². The van der Waals surface area contributed by atoms with Crippen LogP contribution in [0.3, 0.4) is 0 Å². The molecule has 0 aliphatic rings. The molecular weight excluding hydrogens is 192 g/mol. The topological polar surface area (TPSA) is 72.2 Å². The van der Waals surface area contributed by atoms with Gasteiger partial charge in [-0.05, 0) is 46.2 Å². The number of azide groups is 1. The molecule has 1 unspecified atom stereocenters. The number of nitrogens with zero attached hydrogens (tertiary/aromatic N) is 4. The van der Waals surface area contributed by atoms with Crippen LogP contribution >= 0.6 is 0 Å². The molecule has 5 nitrogen and oxygen atoms in total. The van der Waals surface area contributed by atoms with Gasteiger partial charge >= 0.3 is 0 Å². The fourth-order valence-electron chi connectivity index (χ4n) is 1.58.